The topological polar surface area (TPSA) is 49.4 Å². The number of aryl methyl sites for hydroxylation is 1. The van der Waals surface area contributed by atoms with Crippen molar-refractivity contribution in [1.82, 2.24) is 10.2 Å². The minimum Gasteiger partial charge on any atom is -0.357 e. The molecular weight excluding hydrogens is 371 g/mol. The number of benzene rings is 2. The molecule has 0 heterocycles. The van der Waals surface area contributed by atoms with Crippen LogP contribution in [0.3, 0.4) is 0 Å². The van der Waals surface area contributed by atoms with E-state index >= 15 is 0 Å². The third kappa shape index (κ3) is 4.99. The van der Waals surface area contributed by atoms with Gasteiger partial charge in [-0.2, -0.15) is 0 Å². The molecule has 138 valence electrons. The molecule has 0 spiro atoms. The van der Waals surface area contributed by atoms with E-state index in [0.717, 1.165) is 11.1 Å². The van der Waals surface area contributed by atoms with Crippen LogP contribution >= 0.6 is 23.2 Å². The van der Waals surface area contributed by atoms with E-state index in [0.29, 0.717) is 22.2 Å². The van der Waals surface area contributed by atoms with Gasteiger partial charge in [0, 0.05) is 23.6 Å². The summed E-state index contributed by atoms with van der Waals surface area (Å²) in [5.74, 6) is -0.436. The van der Waals surface area contributed by atoms with Crippen molar-refractivity contribution in [3.8, 4) is 0 Å². The second-order valence-corrected chi connectivity index (χ2v) is 6.99. The van der Waals surface area contributed by atoms with Crippen LogP contribution in [0.15, 0.2) is 42.5 Å². The molecule has 2 amide bonds. The molecule has 0 aromatic heterocycles. The fraction of sp³-hybridized carbons (Fsp3) is 0.300. The van der Waals surface area contributed by atoms with Crippen LogP contribution in [0.2, 0.25) is 10.0 Å². The van der Waals surface area contributed by atoms with Crippen LogP contribution < -0.4 is 5.32 Å². The molecule has 1 unspecified atom stereocenters. The number of halogens is 2. The van der Waals surface area contributed by atoms with Crippen molar-refractivity contribution in [3.63, 3.8) is 0 Å². The van der Waals surface area contributed by atoms with Gasteiger partial charge in [0.15, 0.2) is 0 Å². The smallest absolute Gasteiger partial charge is 0.242 e. The van der Waals surface area contributed by atoms with E-state index in [1.807, 2.05) is 31.2 Å². The van der Waals surface area contributed by atoms with Crippen LogP contribution in [-0.2, 0) is 22.6 Å². The lowest BCUT2D eigenvalue weighted by atomic mass is 10.1. The first-order valence-electron chi connectivity index (χ1n) is 8.33. The van der Waals surface area contributed by atoms with Gasteiger partial charge in [-0.05, 0) is 37.1 Å². The highest BCUT2D eigenvalue weighted by Gasteiger charge is 2.26. The van der Waals surface area contributed by atoms with Crippen LogP contribution in [-0.4, -0.2) is 29.8 Å². The van der Waals surface area contributed by atoms with Crippen molar-refractivity contribution in [2.75, 3.05) is 7.05 Å². The predicted molar refractivity (Wildman–Crippen MR) is 105 cm³/mol. The molecule has 0 saturated carbocycles. The van der Waals surface area contributed by atoms with Gasteiger partial charge < -0.3 is 10.2 Å². The molecule has 1 N–H and O–H groups in total. The normalized spacial score (nSPS) is 11.7. The lowest BCUT2D eigenvalue weighted by Crippen LogP contribution is -2.47. The van der Waals surface area contributed by atoms with E-state index in [4.69, 9.17) is 23.2 Å². The summed E-state index contributed by atoms with van der Waals surface area (Å²) in [7, 11) is 1.55. The average molecular weight is 393 g/mol. The van der Waals surface area contributed by atoms with E-state index in [9.17, 15) is 9.59 Å². The predicted octanol–water partition coefficient (Wildman–Crippen LogP) is 4.01. The van der Waals surface area contributed by atoms with Gasteiger partial charge in [-0.3, -0.25) is 9.59 Å². The van der Waals surface area contributed by atoms with E-state index in [-0.39, 0.29) is 18.2 Å². The summed E-state index contributed by atoms with van der Waals surface area (Å²) in [6, 6.07) is 12.4. The van der Waals surface area contributed by atoms with Gasteiger partial charge in [-0.25, -0.2) is 0 Å². The van der Waals surface area contributed by atoms with E-state index in [1.54, 1.807) is 37.1 Å². The molecule has 2 aromatic rings. The first-order chi connectivity index (χ1) is 12.3. The Hall–Kier alpha value is -2.04. The molecule has 1 atom stereocenters. The van der Waals surface area contributed by atoms with Gasteiger partial charge in [0.05, 0.1) is 6.42 Å². The number of amides is 2. The Morgan fingerprint density at radius 3 is 2.31 bits per heavy atom. The SMILES string of the molecule is CNC(=O)C(C)N(Cc1cccc(C)c1)C(=O)Cc1c(Cl)cccc1Cl. The van der Waals surface area contributed by atoms with E-state index in [2.05, 4.69) is 5.32 Å². The molecule has 0 aliphatic heterocycles. The summed E-state index contributed by atoms with van der Waals surface area (Å²) < 4.78 is 0. The third-order valence-corrected chi connectivity index (χ3v) is 4.95. The lowest BCUT2D eigenvalue weighted by Gasteiger charge is -2.29. The molecule has 0 fully saturated rings. The van der Waals surface area contributed by atoms with Crippen molar-refractivity contribution in [2.45, 2.75) is 32.9 Å². The molecule has 4 nitrogen and oxygen atoms in total. The van der Waals surface area contributed by atoms with Crippen molar-refractivity contribution in [2.24, 2.45) is 0 Å². The fourth-order valence-electron chi connectivity index (χ4n) is 2.75. The Morgan fingerprint density at radius 1 is 1.12 bits per heavy atom. The van der Waals surface area contributed by atoms with Crippen LogP contribution in [0.5, 0.6) is 0 Å². The Kier molecular flexibility index (Phi) is 7.06. The summed E-state index contributed by atoms with van der Waals surface area (Å²) >= 11 is 12.4. The molecule has 2 aromatic carbocycles. The summed E-state index contributed by atoms with van der Waals surface area (Å²) in [6.07, 6.45) is 0.0334. The Bertz CT molecular complexity index is 788. The third-order valence-electron chi connectivity index (χ3n) is 4.24. The monoisotopic (exact) mass is 392 g/mol. The fourth-order valence-corrected chi connectivity index (χ4v) is 3.28. The summed E-state index contributed by atoms with van der Waals surface area (Å²) in [5, 5.41) is 3.48. The molecule has 0 bridgehead atoms. The average Bonchev–Trinajstić information content (AvgIpc) is 2.61. The van der Waals surface area contributed by atoms with Crippen molar-refractivity contribution in [1.29, 1.82) is 0 Å². The number of hydrogen-bond donors (Lipinski definition) is 1. The van der Waals surface area contributed by atoms with Crippen LogP contribution in [0.1, 0.15) is 23.6 Å². The Labute approximate surface area is 164 Å². The number of nitrogens with one attached hydrogen (secondary N) is 1. The number of likely N-dealkylation sites (N-methyl/N-ethyl adjacent to an activating group) is 1. The largest absolute Gasteiger partial charge is 0.357 e. The molecule has 0 aliphatic rings. The maximum absolute atomic E-state index is 13.0. The first-order valence-corrected chi connectivity index (χ1v) is 9.08. The highest BCUT2D eigenvalue weighted by Crippen LogP contribution is 2.26. The standard InChI is InChI=1S/C20H22Cl2N2O2/c1-13-6-4-7-15(10-13)12-24(14(2)20(26)23-3)19(25)11-16-17(21)8-5-9-18(16)22/h4-10,14H,11-12H2,1-3H3,(H,23,26). The van der Waals surface area contributed by atoms with Crippen molar-refractivity contribution in [3.05, 3.63) is 69.2 Å². The second-order valence-electron chi connectivity index (χ2n) is 6.18. The summed E-state index contributed by atoms with van der Waals surface area (Å²) in [6.45, 7) is 4.03. The lowest BCUT2D eigenvalue weighted by molar-refractivity contribution is -0.139. The molecular formula is C20H22Cl2N2O2. The second kappa shape index (κ2) is 9.06. The van der Waals surface area contributed by atoms with E-state index in [1.165, 1.54) is 0 Å². The molecule has 26 heavy (non-hydrogen) atoms. The zero-order valence-corrected chi connectivity index (χ0v) is 16.6. The molecule has 2 rings (SSSR count). The molecule has 0 aliphatic carbocycles. The maximum Gasteiger partial charge on any atom is 0.242 e. The minimum atomic E-state index is -0.616. The highest BCUT2D eigenvalue weighted by atomic mass is 35.5. The van der Waals surface area contributed by atoms with Gasteiger partial charge in [0.1, 0.15) is 6.04 Å². The Balaban J connectivity index is 2.30. The van der Waals surface area contributed by atoms with Crippen LogP contribution in [0.25, 0.3) is 0 Å². The van der Waals surface area contributed by atoms with Crippen molar-refractivity contribution >= 4 is 35.0 Å². The Morgan fingerprint density at radius 2 is 1.73 bits per heavy atom. The number of carbonyl (C=O) groups is 2. The minimum absolute atomic E-state index is 0.0334. The molecule has 0 saturated heterocycles. The van der Waals surface area contributed by atoms with Crippen LogP contribution in [0.4, 0.5) is 0 Å². The van der Waals surface area contributed by atoms with E-state index < -0.39 is 6.04 Å². The summed E-state index contributed by atoms with van der Waals surface area (Å²) in [4.78, 5) is 26.7. The summed E-state index contributed by atoms with van der Waals surface area (Å²) in [5.41, 5.74) is 2.62. The quantitative estimate of drug-likeness (QED) is 0.806. The van der Waals surface area contributed by atoms with Gasteiger partial charge in [-0.15, -0.1) is 0 Å². The molecule has 6 heteroatoms. The number of nitrogens with zero attached hydrogens (tertiary/aromatic N) is 1. The first kappa shape index (κ1) is 20.3. The van der Waals surface area contributed by atoms with Gasteiger partial charge in [-0.1, -0.05) is 59.1 Å². The zero-order valence-electron chi connectivity index (χ0n) is 15.1. The van der Waals surface area contributed by atoms with Crippen LogP contribution in [0, 0.1) is 6.92 Å². The van der Waals surface area contributed by atoms with Crippen molar-refractivity contribution < 1.29 is 9.59 Å². The van der Waals surface area contributed by atoms with Gasteiger partial charge >= 0.3 is 0 Å². The maximum atomic E-state index is 13.0. The molecule has 0 radical (unpaired) electrons. The van der Waals surface area contributed by atoms with Gasteiger partial charge in [0.2, 0.25) is 11.8 Å². The number of carbonyl (C=O) groups excluding carboxylic acids is 2. The zero-order chi connectivity index (χ0) is 19.3. The number of rotatable bonds is 6. The number of hydrogen-bond acceptors (Lipinski definition) is 2. The highest BCUT2D eigenvalue weighted by molar-refractivity contribution is 6.36. The van der Waals surface area contributed by atoms with Gasteiger partial charge in [0.25, 0.3) is 0 Å².